The summed E-state index contributed by atoms with van der Waals surface area (Å²) in [6.45, 7) is 1.24. The van der Waals surface area contributed by atoms with Gasteiger partial charge in [0.05, 0.1) is 6.61 Å². The summed E-state index contributed by atoms with van der Waals surface area (Å²) in [6.07, 6.45) is 0. The number of esters is 1. The first kappa shape index (κ1) is 18.2. The van der Waals surface area contributed by atoms with Gasteiger partial charge in [-0.15, -0.1) is 12.4 Å². The van der Waals surface area contributed by atoms with Crippen LogP contribution in [0.3, 0.4) is 0 Å². The monoisotopic (exact) mass is 361 g/mol. The first-order valence-corrected chi connectivity index (χ1v) is 5.85. The summed E-state index contributed by atoms with van der Waals surface area (Å²) in [5, 5.41) is 0. The van der Waals surface area contributed by atoms with Crippen LogP contribution in [0.25, 0.3) is 0 Å². The molecule has 0 heterocycles. The third-order valence-corrected chi connectivity index (χ3v) is 2.92. The Kier molecular flexibility index (Phi) is 6.82. The molecule has 0 amide bonds. The molecule has 1 rings (SSSR count). The van der Waals surface area contributed by atoms with Crippen LogP contribution in [-0.4, -0.2) is 18.5 Å². The van der Waals surface area contributed by atoms with Crippen molar-refractivity contribution in [2.75, 3.05) is 6.61 Å². The first-order chi connectivity index (χ1) is 8.30. The van der Waals surface area contributed by atoms with Gasteiger partial charge in [0.1, 0.15) is 11.9 Å². The van der Waals surface area contributed by atoms with Crippen LogP contribution in [-0.2, 0) is 9.53 Å². The van der Waals surface area contributed by atoms with Gasteiger partial charge in [0.15, 0.2) is 0 Å². The first-order valence-electron chi connectivity index (χ1n) is 5.06. The highest BCUT2D eigenvalue weighted by atomic mass is 79.9. The smallest absolute Gasteiger partial charge is 0.379 e. The Labute approximate surface area is 122 Å². The van der Waals surface area contributed by atoms with Gasteiger partial charge < -0.3 is 10.5 Å². The van der Waals surface area contributed by atoms with Crippen molar-refractivity contribution in [3.63, 3.8) is 0 Å². The summed E-state index contributed by atoms with van der Waals surface area (Å²) in [4.78, 5) is 11.1. The van der Waals surface area contributed by atoms with Gasteiger partial charge in [0, 0.05) is 4.47 Å². The number of hydrogen-bond acceptors (Lipinski definition) is 3. The van der Waals surface area contributed by atoms with E-state index in [9.17, 15) is 18.0 Å². The number of nitrogens with two attached hydrogens (primary N) is 1. The van der Waals surface area contributed by atoms with E-state index in [-0.39, 0.29) is 29.1 Å². The second-order valence-corrected chi connectivity index (χ2v) is 4.34. The number of halogens is 5. The molecule has 0 radical (unpaired) electrons. The van der Waals surface area contributed by atoms with Crippen LogP contribution in [0.2, 0.25) is 0 Å². The van der Waals surface area contributed by atoms with Crippen molar-refractivity contribution in [3.05, 3.63) is 34.1 Å². The maximum Gasteiger partial charge on any atom is 0.379 e. The minimum absolute atomic E-state index is 0. The van der Waals surface area contributed by atoms with Crippen LogP contribution in [0.1, 0.15) is 18.5 Å². The van der Waals surface area contributed by atoms with Crippen molar-refractivity contribution in [1.82, 2.24) is 0 Å². The molecule has 1 aromatic rings. The van der Waals surface area contributed by atoms with E-state index in [0.717, 1.165) is 18.2 Å². The van der Waals surface area contributed by atoms with Gasteiger partial charge in [-0.2, -0.15) is 8.78 Å². The lowest BCUT2D eigenvalue weighted by molar-refractivity contribution is -0.174. The molecule has 0 aromatic heterocycles. The van der Waals surface area contributed by atoms with Crippen molar-refractivity contribution in [2.45, 2.75) is 18.9 Å². The zero-order chi connectivity index (χ0) is 13.9. The molecule has 0 aliphatic heterocycles. The SMILES string of the molecule is CCOC(=O)C(F)(F)[C@H](N)c1ccc(F)cc1Br.Cl. The van der Waals surface area contributed by atoms with Gasteiger partial charge >= 0.3 is 11.9 Å². The van der Waals surface area contributed by atoms with Crippen molar-refractivity contribution in [2.24, 2.45) is 5.73 Å². The number of carbonyl (C=O) groups excluding carboxylic acids is 1. The van der Waals surface area contributed by atoms with E-state index >= 15 is 0 Å². The summed E-state index contributed by atoms with van der Waals surface area (Å²) in [5.41, 5.74) is 5.28. The standard InChI is InChI=1S/C11H11BrF3NO2.ClH/c1-2-18-10(17)11(14,15)9(16)7-4-3-6(13)5-8(7)12;/h3-5,9H,2,16H2,1H3;1H/t9-;/m1./s1. The number of alkyl halides is 2. The fraction of sp³-hybridized carbons (Fsp3) is 0.364. The maximum atomic E-state index is 13.6. The molecule has 0 saturated heterocycles. The van der Waals surface area contributed by atoms with E-state index in [1.807, 2.05) is 0 Å². The highest BCUT2D eigenvalue weighted by molar-refractivity contribution is 9.10. The molecule has 108 valence electrons. The largest absolute Gasteiger partial charge is 0.462 e. The summed E-state index contributed by atoms with van der Waals surface area (Å²) in [7, 11) is 0. The Hall–Kier alpha value is -0.790. The van der Waals surface area contributed by atoms with Gasteiger partial charge in [-0.1, -0.05) is 22.0 Å². The minimum Gasteiger partial charge on any atom is -0.462 e. The second kappa shape index (κ2) is 7.12. The average Bonchev–Trinajstić information content (AvgIpc) is 2.28. The molecule has 8 heteroatoms. The topological polar surface area (TPSA) is 52.3 Å². The number of carbonyl (C=O) groups is 1. The molecule has 3 nitrogen and oxygen atoms in total. The summed E-state index contributed by atoms with van der Waals surface area (Å²) in [6, 6.07) is 1.17. The van der Waals surface area contributed by atoms with E-state index in [1.165, 1.54) is 6.92 Å². The van der Waals surface area contributed by atoms with Crippen LogP contribution < -0.4 is 5.73 Å². The van der Waals surface area contributed by atoms with Crippen LogP contribution in [0.4, 0.5) is 13.2 Å². The van der Waals surface area contributed by atoms with Crippen LogP contribution in [0.15, 0.2) is 22.7 Å². The fourth-order valence-corrected chi connectivity index (χ4v) is 1.90. The Balaban J connectivity index is 0.00000324. The van der Waals surface area contributed by atoms with Gasteiger partial charge in [-0.3, -0.25) is 0 Å². The lowest BCUT2D eigenvalue weighted by Crippen LogP contribution is -2.41. The van der Waals surface area contributed by atoms with E-state index in [1.54, 1.807) is 0 Å². The fourth-order valence-electron chi connectivity index (χ4n) is 1.30. The molecule has 0 spiro atoms. The molecule has 1 atom stereocenters. The summed E-state index contributed by atoms with van der Waals surface area (Å²) in [5.74, 6) is -6.18. The Morgan fingerprint density at radius 3 is 2.58 bits per heavy atom. The van der Waals surface area contributed by atoms with Gasteiger partial charge in [0.2, 0.25) is 0 Å². The Morgan fingerprint density at radius 1 is 1.53 bits per heavy atom. The van der Waals surface area contributed by atoms with Crippen molar-refractivity contribution in [3.8, 4) is 0 Å². The number of hydrogen-bond donors (Lipinski definition) is 1. The molecule has 0 aliphatic carbocycles. The van der Waals surface area contributed by atoms with E-state index in [4.69, 9.17) is 5.73 Å². The van der Waals surface area contributed by atoms with Crippen LogP contribution >= 0.6 is 28.3 Å². The molecule has 2 N–H and O–H groups in total. The molecule has 0 unspecified atom stereocenters. The predicted octanol–water partition coefficient (Wildman–Crippen LogP) is 3.21. The molecule has 0 aliphatic rings. The average molecular weight is 363 g/mol. The number of benzene rings is 1. The van der Waals surface area contributed by atoms with E-state index in [0.29, 0.717) is 0 Å². The third kappa shape index (κ3) is 4.09. The molecular weight excluding hydrogens is 350 g/mol. The van der Waals surface area contributed by atoms with Crippen molar-refractivity contribution < 1.29 is 22.7 Å². The van der Waals surface area contributed by atoms with E-state index in [2.05, 4.69) is 20.7 Å². The zero-order valence-corrected chi connectivity index (χ0v) is 12.2. The van der Waals surface area contributed by atoms with Gasteiger partial charge in [0.25, 0.3) is 0 Å². The van der Waals surface area contributed by atoms with Crippen molar-refractivity contribution in [1.29, 1.82) is 0 Å². The van der Waals surface area contributed by atoms with Crippen molar-refractivity contribution >= 4 is 34.3 Å². The van der Waals surface area contributed by atoms with Crippen LogP contribution in [0, 0.1) is 5.82 Å². The Morgan fingerprint density at radius 2 is 2.11 bits per heavy atom. The second-order valence-electron chi connectivity index (χ2n) is 3.49. The van der Waals surface area contributed by atoms with Gasteiger partial charge in [-0.05, 0) is 24.6 Å². The number of ether oxygens (including phenoxy) is 1. The van der Waals surface area contributed by atoms with E-state index < -0.39 is 23.8 Å². The predicted molar refractivity (Wildman–Crippen MR) is 69.9 cm³/mol. The lowest BCUT2D eigenvalue weighted by Gasteiger charge is -2.22. The van der Waals surface area contributed by atoms with Gasteiger partial charge in [-0.25, -0.2) is 9.18 Å². The Bertz CT molecular complexity index is 460. The molecule has 0 fully saturated rings. The lowest BCUT2D eigenvalue weighted by atomic mass is 10.0. The number of rotatable bonds is 4. The molecule has 0 bridgehead atoms. The molecule has 19 heavy (non-hydrogen) atoms. The minimum atomic E-state index is -3.88. The highest BCUT2D eigenvalue weighted by Crippen LogP contribution is 2.34. The zero-order valence-electron chi connectivity index (χ0n) is 9.83. The summed E-state index contributed by atoms with van der Waals surface area (Å²) < 4.78 is 44.5. The highest BCUT2D eigenvalue weighted by Gasteiger charge is 2.48. The molecule has 1 aromatic carbocycles. The maximum absolute atomic E-state index is 13.6. The van der Waals surface area contributed by atoms with Crippen LogP contribution in [0.5, 0.6) is 0 Å². The quantitative estimate of drug-likeness (QED) is 0.837. The summed E-state index contributed by atoms with van der Waals surface area (Å²) >= 11 is 2.92. The third-order valence-electron chi connectivity index (χ3n) is 2.24. The normalized spacial score (nSPS) is 12.5. The molecular formula is C11H12BrClF3NO2. The molecule has 0 saturated carbocycles.